The summed E-state index contributed by atoms with van der Waals surface area (Å²) in [5, 5.41) is 8.96. The molecule has 2 aromatic heterocycles. The first-order valence-corrected chi connectivity index (χ1v) is 6.82. The van der Waals surface area contributed by atoms with Gasteiger partial charge in [-0.05, 0) is 24.3 Å². The van der Waals surface area contributed by atoms with Crippen molar-refractivity contribution in [1.29, 1.82) is 0 Å². The predicted octanol–water partition coefficient (Wildman–Crippen LogP) is -0.136. The number of hydrogen-bond acceptors (Lipinski definition) is 7. The van der Waals surface area contributed by atoms with Gasteiger partial charge in [-0.2, -0.15) is 5.10 Å². The molecule has 1 amide bonds. The van der Waals surface area contributed by atoms with E-state index in [1.165, 1.54) is 7.11 Å². The Morgan fingerprint density at radius 2 is 1.96 bits per heavy atom. The zero-order valence-electron chi connectivity index (χ0n) is 12.7. The van der Waals surface area contributed by atoms with E-state index in [1.54, 1.807) is 24.3 Å². The number of amides is 1. The van der Waals surface area contributed by atoms with E-state index in [9.17, 15) is 9.59 Å². The van der Waals surface area contributed by atoms with Crippen LogP contribution < -0.4 is 32.9 Å². The molecule has 8 N–H and O–H groups in total. The molecule has 2 heterocycles. The number of carbonyl (C=O) groups excluding carboxylic acids is 1. The fourth-order valence-corrected chi connectivity index (χ4v) is 2.33. The minimum Gasteiger partial charge on any atom is -0.497 e. The summed E-state index contributed by atoms with van der Waals surface area (Å²) in [6.07, 6.45) is 0. The molecule has 0 spiro atoms. The summed E-state index contributed by atoms with van der Waals surface area (Å²) < 4.78 is 5.72. The number of anilines is 3. The van der Waals surface area contributed by atoms with Gasteiger partial charge in [0.25, 0.3) is 11.5 Å². The van der Waals surface area contributed by atoms with Crippen LogP contribution in [0, 0.1) is 0 Å². The lowest BCUT2D eigenvalue weighted by Crippen LogP contribution is -2.32. The number of fused-ring (bicyclic) bond motifs is 1. The van der Waals surface area contributed by atoms with Crippen molar-refractivity contribution >= 4 is 34.1 Å². The van der Waals surface area contributed by atoms with E-state index in [0.29, 0.717) is 16.1 Å². The van der Waals surface area contributed by atoms with Gasteiger partial charge in [0.05, 0.1) is 12.6 Å². The molecule has 0 atom stereocenters. The highest BCUT2D eigenvalue weighted by molar-refractivity contribution is 6.16. The van der Waals surface area contributed by atoms with Gasteiger partial charge in [-0.3, -0.25) is 14.7 Å². The molecule has 0 saturated heterocycles. The van der Waals surface area contributed by atoms with Crippen LogP contribution >= 0.6 is 0 Å². The molecular weight excluding hydrogens is 314 g/mol. The predicted molar refractivity (Wildman–Crippen MR) is 90.3 cm³/mol. The number of aromatic nitrogens is 3. The largest absolute Gasteiger partial charge is 0.497 e. The molecule has 10 heteroatoms. The van der Waals surface area contributed by atoms with E-state index in [0.717, 1.165) is 0 Å². The average molecular weight is 329 g/mol. The maximum absolute atomic E-state index is 12.6. The summed E-state index contributed by atoms with van der Waals surface area (Å²) in [7, 11) is 1.54. The summed E-state index contributed by atoms with van der Waals surface area (Å²) >= 11 is 0. The Morgan fingerprint density at radius 1 is 1.29 bits per heavy atom. The number of pyridine rings is 1. The third-order valence-electron chi connectivity index (χ3n) is 3.57. The zero-order valence-corrected chi connectivity index (χ0v) is 12.7. The number of nitrogens with two attached hydrogens (primary N) is 3. The van der Waals surface area contributed by atoms with Crippen molar-refractivity contribution < 1.29 is 9.53 Å². The van der Waals surface area contributed by atoms with Gasteiger partial charge in [-0.25, -0.2) is 4.68 Å². The first-order chi connectivity index (χ1) is 11.4. The van der Waals surface area contributed by atoms with Crippen LogP contribution in [-0.2, 0) is 0 Å². The summed E-state index contributed by atoms with van der Waals surface area (Å²) in [4.78, 5) is 24.7. The summed E-state index contributed by atoms with van der Waals surface area (Å²) in [6, 6.07) is 6.69. The van der Waals surface area contributed by atoms with Crippen LogP contribution in [0.2, 0.25) is 0 Å². The van der Waals surface area contributed by atoms with Crippen molar-refractivity contribution in [3.8, 4) is 5.75 Å². The zero-order chi connectivity index (χ0) is 17.4. The minimum absolute atomic E-state index is 0.00609. The van der Waals surface area contributed by atoms with Crippen LogP contribution in [0.4, 0.5) is 17.3 Å². The number of rotatable bonds is 3. The van der Waals surface area contributed by atoms with Crippen LogP contribution in [0.1, 0.15) is 10.4 Å². The average Bonchev–Trinajstić information content (AvgIpc) is 2.95. The van der Waals surface area contributed by atoms with E-state index in [4.69, 9.17) is 22.0 Å². The Balaban J connectivity index is 2.08. The fraction of sp³-hybridized carbons (Fsp3) is 0.0714. The number of methoxy groups -OCH3 is 1. The topological polar surface area (TPSA) is 167 Å². The van der Waals surface area contributed by atoms with E-state index in [-0.39, 0.29) is 28.1 Å². The van der Waals surface area contributed by atoms with Crippen LogP contribution in [0.3, 0.4) is 0 Å². The first kappa shape index (κ1) is 15.2. The lowest BCUT2D eigenvalue weighted by Gasteiger charge is -2.11. The highest BCUT2D eigenvalue weighted by Gasteiger charge is 2.23. The molecule has 0 unspecified atom stereocenters. The van der Waals surface area contributed by atoms with Gasteiger partial charge in [-0.15, -0.1) is 0 Å². The highest BCUT2D eigenvalue weighted by atomic mass is 16.5. The summed E-state index contributed by atoms with van der Waals surface area (Å²) in [6.45, 7) is 0. The molecule has 3 rings (SSSR count). The number of ether oxygens (including phenoxy) is 1. The number of hydrogen-bond donors (Lipinski definition) is 5. The lowest BCUT2D eigenvalue weighted by atomic mass is 10.1. The molecule has 0 saturated carbocycles. The summed E-state index contributed by atoms with van der Waals surface area (Å²) in [5.41, 5.74) is 11.5. The molecule has 1 aromatic carbocycles. The number of nitrogens with zero attached hydrogens (tertiary/aromatic N) is 2. The Kier molecular flexibility index (Phi) is 3.49. The second-order valence-electron chi connectivity index (χ2n) is 4.98. The molecule has 0 bridgehead atoms. The van der Waals surface area contributed by atoms with Crippen molar-refractivity contribution in [3.05, 3.63) is 40.2 Å². The fourth-order valence-electron chi connectivity index (χ4n) is 2.33. The Hall–Kier alpha value is -3.69. The molecule has 0 fully saturated rings. The maximum Gasteiger partial charge on any atom is 0.283 e. The number of carbonyl (C=O) groups is 1. The number of nitrogens with one attached hydrogen (secondary N) is 2. The van der Waals surface area contributed by atoms with Crippen LogP contribution in [0.25, 0.3) is 10.9 Å². The van der Waals surface area contributed by atoms with E-state index < -0.39 is 11.5 Å². The quantitative estimate of drug-likeness (QED) is 0.417. The van der Waals surface area contributed by atoms with Crippen LogP contribution in [-0.4, -0.2) is 27.9 Å². The molecule has 24 heavy (non-hydrogen) atoms. The standard InChI is InChI=1S/C14H15N7O3/c1-24-7-4-2-6(3-5-7)18-13(22)9-10-8(11(15)20-19-10)14(23)21(17)12(9)16/h2-5H,16-17H2,1H3,(H,18,22)(H3,15,19,20). The van der Waals surface area contributed by atoms with Crippen LogP contribution in [0.5, 0.6) is 5.75 Å². The third-order valence-corrected chi connectivity index (χ3v) is 3.57. The van der Waals surface area contributed by atoms with Gasteiger partial charge in [0.1, 0.15) is 22.5 Å². The SMILES string of the molecule is COc1ccc(NC(=O)c2c(N)n(N)c(=O)c3c(N)n[nH]c23)cc1. The Labute approximate surface area is 135 Å². The van der Waals surface area contributed by atoms with Gasteiger partial charge < -0.3 is 27.4 Å². The van der Waals surface area contributed by atoms with E-state index in [2.05, 4.69) is 15.5 Å². The van der Waals surface area contributed by atoms with Gasteiger partial charge in [0.2, 0.25) is 0 Å². The smallest absolute Gasteiger partial charge is 0.283 e. The van der Waals surface area contributed by atoms with Crippen molar-refractivity contribution in [3.63, 3.8) is 0 Å². The number of H-pyrrole nitrogens is 1. The Morgan fingerprint density at radius 3 is 2.58 bits per heavy atom. The maximum atomic E-state index is 12.6. The molecule has 0 aliphatic carbocycles. The Bertz CT molecular complexity index is 988. The van der Waals surface area contributed by atoms with Gasteiger partial charge in [0, 0.05) is 5.69 Å². The molecule has 3 aromatic rings. The van der Waals surface area contributed by atoms with Gasteiger partial charge in [0.15, 0.2) is 5.82 Å². The molecular formula is C14H15N7O3. The number of benzene rings is 1. The van der Waals surface area contributed by atoms with Crippen molar-refractivity contribution in [2.75, 3.05) is 29.7 Å². The molecule has 0 aliphatic heterocycles. The monoisotopic (exact) mass is 329 g/mol. The minimum atomic E-state index is -0.644. The summed E-state index contributed by atoms with van der Waals surface area (Å²) in [5.74, 6) is 5.44. The number of nitrogen functional groups attached to an aromatic ring is 3. The molecule has 0 aliphatic rings. The first-order valence-electron chi connectivity index (χ1n) is 6.82. The third kappa shape index (κ3) is 2.26. The van der Waals surface area contributed by atoms with E-state index in [1.807, 2.05) is 0 Å². The van der Waals surface area contributed by atoms with Gasteiger partial charge in [-0.1, -0.05) is 0 Å². The van der Waals surface area contributed by atoms with E-state index >= 15 is 0 Å². The number of aromatic amines is 1. The van der Waals surface area contributed by atoms with Gasteiger partial charge >= 0.3 is 0 Å². The van der Waals surface area contributed by atoms with Crippen molar-refractivity contribution in [1.82, 2.24) is 14.9 Å². The highest BCUT2D eigenvalue weighted by Crippen LogP contribution is 2.23. The lowest BCUT2D eigenvalue weighted by molar-refractivity contribution is 0.102. The molecule has 0 radical (unpaired) electrons. The second-order valence-corrected chi connectivity index (χ2v) is 4.98. The van der Waals surface area contributed by atoms with Crippen molar-refractivity contribution in [2.45, 2.75) is 0 Å². The molecule has 124 valence electrons. The van der Waals surface area contributed by atoms with Crippen molar-refractivity contribution in [2.24, 2.45) is 0 Å². The normalized spacial score (nSPS) is 10.7. The molecule has 10 nitrogen and oxygen atoms in total. The van der Waals surface area contributed by atoms with Crippen LogP contribution in [0.15, 0.2) is 29.1 Å². The second kappa shape index (κ2) is 5.50.